The molecule has 0 spiro atoms. The van der Waals surface area contributed by atoms with Gasteiger partial charge in [0.1, 0.15) is 0 Å². The summed E-state index contributed by atoms with van der Waals surface area (Å²) in [6, 6.07) is 3.57. The number of anilines is 1. The highest BCUT2D eigenvalue weighted by molar-refractivity contribution is 5.96. The van der Waals surface area contributed by atoms with E-state index in [1.165, 1.54) is 0 Å². The number of likely N-dealkylation sites (tertiary alicyclic amines) is 1. The van der Waals surface area contributed by atoms with Crippen molar-refractivity contribution >= 4 is 17.5 Å². The predicted molar refractivity (Wildman–Crippen MR) is 89.6 cm³/mol. The van der Waals surface area contributed by atoms with E-state index < -0.39 is 5.41 Å². The number of aromatic nitrogens is 1. The third kappa shape index (κ3) is 2.91. The summed E-state index contributed by atoms with van der Waals surface area (Å²) < 4.78 is 5.81. The van der Waals surface area contributed by atoms with Crippen molar-refractivity contribution in [2.75, 3.05) is 25.0 Å². The Balaban J connectivity index is 1.50. The second-order valence-corrected chi connectivity index (χ2v) is 7.33. The Kier molecular flexibility index (Phi) is 4.21. The second-order valence-electron chi connectivity index (χ2n) is 7.33. The number of fused-ring (bicyclic) bond motifs is 1. The molecule has 0 bridgehead atoms. The molecule has 1 aliphatic carbocycles. The van der Waals surface area contributed by atoms with E-state index in [9.17, 15) is 14.7 Å². The minimum absolute atomic E-state index is 0.0594. The summed E-state index contributed by atoms with van der Waals surface area (Å²) in [4.78, 5) is 31.5. The van der Waals surface area contributed by atoms with E-state index in [4.69, 9.17) is 4.74 Å². The van der Waals surface area contributed by atoms with Gasteiger partial charge in [-0.25, -0.2) is 0 Å². The van der Waals surface area contributed by atoms with Crippen LogP contribution in [0, 0.1) is 11.3 Å². The van der Waals surface area contributed by atoms with Crippen LogP contribution in [0.2, 0.25) is 0 Å². The maximum atomic E-state index is 13.0. The van der Waals surface area contributed by atoms with Crippen LogP contribution in [0.5, 0.6) is 0 Å². The van der Waals surface area contributed by atoms with E-state index in [1.807, 2.05) is 0 Å². The Morgan fingerprint density at radius 3 is 2.96 bits per heavy atom. The molecular weight excluding hydrogens is 322 g/mol. The third-order valence-corrected chi connectivity index (χ3v) is 5.76. The van der Waals surface area contributed by atoms with Gasteiger partial charge >= 0.3 is 0 Å². The van der Waals surface area contributed by atoms with Crippen molar-refractivity contribution in [1.82, 2.24) is 9.88 Å². The van der Waals surface area contributed by atoms with Crippen molar-refractivity contribution in [3.8, 4) is 0 Å². The monoisotopic (exact) mass is 345 g/mol. The molecular formula is C18H23N3O4. The topological polar surface area (TPSA) is 91.8 Å². The van der Waals surface area contributed by atoms with E-state index in [0.717, 1.165) is 0 Å². The van der Waals surface area contributed by atoms with Crippen molar-refractivity contribution in [3.63, 3.8) is 0 Å². The highest BCUT2D eigenvalue weighted by Gasteiger charge is 2.54. The number of aliphatic hydroxyl groups is 1. The van der Waals surface area contributed by atoms with Gasteiger partial charge in [0.05, 0.1) is 29.5 Å². The number of nitrogens with one attached hydrogen (secondary N) is 1. The summed E-state index contributed by atoms with van der Waals surface area (Å²) in [5.41, 5.74) is -0.0513. The van der Waals surface area contributed by atoms with Crippen molar-refractivity contribution in [3.05, 3.63) is 24.5 Å². The van der Waals surface area contributed by atoms with Gasteiger partial charge in [-0.15, -0.1) is 0 Å². The highest BCUT2D eigenvalue weighted by atomic mass is 16.5. The largest absolute Gasteiger partial charge is 0.393 e. The summed E-state index contributed by atoms with van der Waals surface area (Å²) in [6.07, 6.45) is 5.10. The zero-order valence-corrected chi connectivity index (χ0v) is 14.1. The molecule has 0 radical (unpaired) electrons. The van der Waals surface area contributed by atoms with Gasteiger partial charge in [-0.2, -0.15) is 0 Å². The van der Waals surface area contributed by atoms with Crippen molar-refractivity contribution in [2.45, 2.75) is 37.9 Å². The van der Waals surface area contributed by atoms with Crippen LogP contribution in [0.3, 0.4) is 0 Å². The van der Waals surface area contributed by atoms with E-state index in [-0.39, 0.29) is 29.9 Å². The van der Waals surface area contributed by atoms with E-state index >= 15 is 0 Å². The number of hydrogen-bond donors (Lipinski definition) is 2. The summed E-state index contributed by atoms with van der Waals surface area (Å²) in [7, 11) is 0. The third-order valence-electron chi connectivity index (χ3n) is 5.76. The molecule has 1 aromatic rings. The lowest BCUT2D eigenvalue weighted by Gasteiger charge is -2.44. The minimum atomic E-state index is -0.702. The fraction of sp³-hybridized carbons (Fsp3) is 0.611. The van der Waals surface area contributed by atoms with Gasteiger partial charge in [0.15, 0.2) is 0 Å². The Labute approximate surface area is 146 Å². The first-order chi connectivity index (χ1) is 12.1. The van der Waals surface area contributed by atoms with Crippen LogP contribution in [0.25, 0.3) is 0 Å². The molecule has 0 unspecified atom stereocenters. The quantitative estimate of drug-likeness (QED) is 0.845. The highest BCUT2D eigenvalue weighted by Crippen LogP contribution is 2.43. The molecule has 1 saturated carbocycles. The molecule has 2 amide bonds. The molecule has 3 heterocycles. The molecule has 2 atom stereocenters. The minimum Gasteiger partial charge on any atom is -0.393 e. The lowest BCUT2D eigenvalue weighted by Crippen LogP contribution is -2.58. The second kappa shape index (κ2) is 6.38. The Bertz CT molecular complexity index is 662. The van der Waals surface area contributed by atoms with E-state index in [1.54, 1.807) is 29.4 Å². The number of hydrogen-bond acceptors (Lipinski definition) is 5. The first-order valence-corrected chi connectivity index (χ1v) is 8.88. The molecule has 2 N–H and O–H groups in total. The normalized spacial score (nSPS) is 34.1. The number of amides is 2. The van der Waals surface area contributed by atoms with Gasteiger partial charge in [0.25, 0.3) is 0 Å². The number of carbonyl (C=O) groups excluding carboxylic acids is 2. The number of pyridine rings is 1. The van der Waals surface area contributed by atoms with Crippen molar-refractivity contribution in [2.24, 2.45) is 11.3 Å². The lowest BCUT2D eigenvalue weighted by atomic mass is 9.74. The molecule has 2 saturated heterocycles. The molecule has 1 aromatic heterocycles. The Hall–Kier alpha value is -1.99. The van der Waals surface area contributed by atoms with Crippen LogP contribution in [0.15, 0.2) is 24.5 Å². The number of aliphatic hydroxyl groups excluding tert-OH is 1. The first-order valence-electron chi connectivity index (χ1n) is 8.88. The van der Waals surface area contributed by atoms with Crippen LogP contribution in [-0.4, -0.2) is 58.7 Å². The lowest BCUT2D eigenvalue weighted by molar-refractivity contribution is -0.151. The maximum absolute atomic E-state index is 13.0. The summed E-state index contributed by atoms with van der Waals surface area (Å²) in [5.74, 6) is -0.148. The molecule has 3 fully saturated rings. The van der Waals surface area contributed by atoms with Gasteiger partial charge in [-0.05, 0) is 37.8 Å². The average molecular weight is 345 g/mol. The molecule has 0 aromatic carbocycles. The fourth-order valence-electron chi connectivity index (χ4n) is 4.20. The molecule has 3 aliphatic rings. The first kappa shape index (κ1) is 16.5. The van der Waals surface area contributed by atoms with Gasteiger partial charge in [-0.3, -0.25) is 14.6 Å². The van der Waals surface area contributed by atoms with Crippen LogP contribution < -0.4 is 5.32 Å². The van der Waals surface area contributed by atoms with Crippen molar-refractivity contribution in [1.29, 1.82) is 0 Å². The standard InChI is InChI=1S/C18H23N3O4/c22-14-8-12(9-14)16(23)21-6-3-15-18(11-21,4-7-25-15)17(24)20-13-2-1-5-19-10-13/h1-2,5,10,12,14-15,22H,3-4,6-9,11H2,(H,20,24)/t12?,14?,15-,18-/m1/s1. The fourth-order valence-corrected chi connectivity index (χ4v) is 4.20. The Morgan fingerprint density at radius 1 is 1.40 bits per heavy atom. The summed E-state index contributed by atoms with van der Waals surface area (Å²) in [6.45, 7) is 1.53. The Morgan fingerprint density at radius 2 is 2.24 bits per heavy atom. The number of piperidine rings is 1. The number of rotatable bonds is 3. The predicted octanol–water partition coefficient (Wildman–Crippen LogP) is 0.799. The number of nitrogens with zero attached hydrogens (tertiary/aromatic N) is 2. The number of carbonyl (C=O) groups is 2. The van der Waals surface area contributed by atoms with Gasteiger partial charge < -0.3 is 20.1 Å². The summed E-state index contributed by atoms with van der Waals surface area (Å²) >= 11 is 0. The SMILES string of the molecule is O=C(C1CC(O)C1)N1CC[C@H]2OCC[C@@]2(C(=O)Nc2cccnc2)C1. The smallest absolute Gasteiger partial charge is 0.235 e. The molecule has 2 aliphatic heterocycles. The van der Waals surface area contributed by atoms with Gasteiger partial charge in [0.2, 0.25) is 11.8 Å². The molecule has 7 heteroatoms. The molecule has 7 nitrogen and oxygen atoms in total. The van der Waals surface area contributed by atoms with Gasteiger partial charge in [-0.1, -0.05) is 0 Å². The van der Waals surface area contributed by atoms with Crippen molar-refractivity contribution < 1.29 is 19.4 Å². The zero-order chi connectivity index (χ0) is 17.4. The van der Waals surface area contributed by atoms with Crippen LogP contribution in [0.1, 0.15) is 25.7 Å². The summed E-state index contributed by atoms with van der Waals surface area (Å²) in [5, 5.41) is 12.4. The molecule has 25 heavy (non-hydrogen) atoms. The molecule has 4 rings (SSSR count). The van der Waals surface area contributed by atoms with Crippen LogP contribution >= 0.6 is 0 Å². The van der Waals surface area contributed by atoms with Crippen LogP contribution in [-0.2, 0) is 14.3 Å². The van der Waals surface area contributed by atoms with Crippen LogP contribution in [0.4, 0.5) is 5.69 Å². The zero-order valence-electron chi connectivity index (χ0n) is 14.1. The number of ether oxygens (including phenoxy) is 1. The van der Waals surface area contributed by atoms with Gasteiger partial charge in [0, 0.05) is 31.8 Å². The van der Waals surface area contributed by atoms with E-state index in [0.29, 0.717) is 51.1 Å². The average Bonchev–Trinajstić information content (AvgIpc) is 3.03. The maximum Gasteiger partial charge on any atom is 0.235 e. The molecule has 134 valence electrons. The van der Waals surface area contributed by atoms with E-state index in [2.05, 4.69) is 10.3 Å².